The highest BCUT2D eigenvalue weighted by molar-refractivity contribution is 6.17. The molecule has 1 aromatic rings. The van der Waals surface area contributed by atoms with Gasteiger partial charge in [0.1, 0.15) is 25.2 Å². The Morgan fingerprint density at radius 3 is 1.94 bits per heavy atom. The quantitative estimate of drug-likeness (QED) is 0.239. The number of benzene rings is 1. The van der Waals surface area contributed by atoms with E-state index in [0.29, 0.717) is 11.4 Å². The van der Waals surface area contributed by atoms with Gasteiger partial charge in [-0.3, -0.25) is 14.4 Å². The van der Waals surface area contributed by atoms with E-state index in [9.17, 15) is 24.0 Å². The SMILES string of the molecule is CC(=O)OCC(C)(COC(=O)O[C@H](C)C(=O)O[C@H](C)C(C)=O)C(=O)OCc1ccc(CCl)cc1. The summed E-state index contributed by atoms with van der Waals surface area (Å²) in [5, 5.41) is 0. The summed E-state index contributed by atoms with van der Waals surface area (Å²) in [5.74, 6) is -2.40. The summed E-state index contributed by atoms with van der Waals surface area (Å²) < 4.78 is 24.9. The molecule has 1 unspecified atom stereocenters. The molecule has 1 aromatic carbocycles. The molecule has 3 atom stereocenters. The Balaban J connectivity index is 2.72. The van der Waals surface area contributed by atoms with Gasteiger partial charge in [-0.2, -0.15) is 0 Å². The molecule has 0 amide bonds. The van der Waals surface area contributed by atoms with Gasteiger partial charge in [-0.05, 0) is 38.8 Å². The molecule has 0 aromatic heterocycles. The van der Waals surface area contributed by atoms with Gasteiger partial charge < -0.3 is 23.7 Å². The third-order valence-corrected chi connectivity index (χ3v) is 4.92. The van der Waals surface area contributed by atoms with Crippen molar-refractivity contribution in [3.63, 3.8) is 0 Å². The Morgan fingerprint density at radius 1 is 0.853 bits per heavy atom. The van der Waals surface area contributed by atoms with Crippen LogP contribution in [0.5, 0.6) is 0 Å². The largest absolute Gasteiger partial charge is 0.509 e. The van der Waals surface area contributed by atoms with Crippen LogP contribution in [-0.4, -0.2) is 55.3 Å². The molecule has 10 nitrogen and oxygen atoms in total. The zero-order chi connectivity index (χ0) is 25.9. The maximum atomic E-state index is 12.7. The average molecular weight is 501 g/mol. The van der Waals surface area contributed by atoms with Crippen LogP contribution >= 0.6 is 11.6 Å². The zero-order valence-electron chi connectivity index (χ0n) is 19.8. The maximum absolute atomic E-state index is 12.7. The molecule has 34 heavy (non-hydrogen) atoms. The van der Waals surface area contributed by atoms with Crippen molar-refractivity contribution in [3.05, 3.63) is 35.4 Å². The van der Waals surface area contributed by atoms with E-state index in [2.05, 4.69) is 0 Å². The van der Waals surface area contributed by atoms with Crippen LogP contribution in [0.4, 0.5) is 4.79 Å². The van der Waals surface area contributed by atoms with Crippen LogP contribution in [0.25, 0.3) is 0 Å². The molecular formula is C23H29ClO10. The minimum atomic E-state index is -1.55. The number of ketones is 1. The number of hydrogen-bond donors (Lipinski definition) is 0. The molecule has 0 saturated heterocycles. The Morgan fingerprint density at radius 2 is 1.41 bits per heavy atom. The summed E-state index contributed by atoms with van der Waals surface area (Å²) in [6.07, 6.45) is -3.63. The number of carbonyl (C=O) groups is 5. The van der Waals surface area contributed by atoms with Gasteiger partial charge in [0.25, 0.3) is 0 Å². The number of esters is 3. The number of hydrogen-bond acceptors (Lipinski definition) is 10. The number of halogens is 1. The number of carbonyl (C=O) groups excluding carboxylic acids is 5. The van der Waals surface area contributed by atoms with Crippen molar-refractivity contribution in [2.75, 3.05) is 13.2 Å². The number of Topliss-reactive ketones (excluding diaryl/α,β-unsaturated/α-hetero) is 1. The van der Waals surface area contributed by atoms with Gasteiger partial charge in [0, 0.05) is 12.8 Å². The van der Waals surface area contributed by atoms with Crippen LogP contribution in [0.2, 0.25) is 0 Å². The van der Waals surface area contributed by atoms with E-state index < -0.39 is 54.9 Å². The van der Waals surface area contributed by atoms with Crippen LogP contribution in [0.3, 0.4) is 0 Å². The molecule has 0 aliphatic carbocycles. The highest BCUT2D eigenvalue weighted by Gasteiger charge is 2.39. The third kappa shape index (κ3) is 9.78. The van der Waals surface area contributed by atoms with Crippen molar-refractivity contribution < 1.29 is 47.7 Å². The van der Waals surface area contributed by atoms with Gasteiger partial charge in [0.2, 0.25) is 0 Å². The first-order valence-electron chi connectivity index (χ1n) is 10.4. The summed E-state index contributed by atoms with van der Waals surface area (Å²) in [6, 6.07) is 7.07. The van der Waals surface area contributed by atoms with E-state index in [0.717, 1.165) is 12.5 Å². The number of ether oxygens (including phenoxy) is 5. The number of rotatable bonds is 12. The molecule has 0 spiro atoms. The molecule has 0 N–H and O–H groups in total. The van der Waals surface area contributed by atoms with Gasteiger partial charge >= 0.3 is 24.1 Å². The van der Waals surface area contributed by atoms with Crippen molar-refractivity contribution in [3.8, 4) is 0 Å². The van der Waals surface area contributed by atoms with Crippen LogP contribution in [-0.2, 0) is 55.3 Å². The van der Waals surface area contributed by atoms with Gasteiger partial charge in [-0.25, -0.2) is 9.59 Å². The minimum Gasteiger partial charge on any atom is -0.465 e. The first kappa shape index (κ1) is 28.9. The van der Waals surface area contributed by atoms with E-state index in [4.69, 9.17) is 35.3 Å². The molecule has 0 bridgehead atoms. The summed E-state index contributed by atoms with van der Waals surface area (Å²) in [7, 11) is 0. The monoisotopic (exact) mass is 500 g/mol. The maximum Gasteiger partial charge on any atom is 0.509 e. The smallest absolute Gasteiger partial charge is 0.465 e. The molecule has 11 heteroatoms. The fourth-order valence-corrected chi connectivity index (χ4v) is 2.44. The zero-order valence-corrected chi connectivity index (χ0v) is 20.5. The lowest BCUT2D eigenvalue weighted by molar-refractivity contribution is -0.168. The summed E-state index contributed by atoms with van der Waals surface area (Å²) in [5.41, 5.74) is 0.0509. The van der Waals surface area contributed by atoms with E-state index in [1.807, 2.05) is 0 Å². The van der Waals surface area contributed by atoms with Gasteiger partial charge in [-0.1, -0.05) is 24.3 Å². The molecule has 0 aliphatic rings. The second-order valence-electron chi connectivity index (χ2n) is 7.86. The summed E-state index contributed by atoms with van der Waals surface area (Å²) >= 11 is 5.75. The highest BCUT2D eigenvalue weighted by Crippen LogP contribution is 2.22. The molecule has 0 radical (unpaired) electrons. The fraction of sp³-hybridized carbons (Fsp3) is 0.522. The summed E-state index contributed by atoms with van der Waals surface area (Å²) in [4.78, 5) is 59.1. The Labute approximate surface area is 202 Å². The van der Waals surface area contributed by atoms with Crippen LogP contribution in [0.1, 0.15) is 45.7 Å². The molecule has 0 heterocycles. The van der Waals surface area contributed by atoms with E-state index in [-0.39, 0.29) is 12.4 Å². The molecule has 188 valence electrons. The highest BCUT2D eigenvalue weighted by atomic mass is 35.5. The van der Waals surface area contributed by atoms with Gasteiger partial charge in [0.05, 0.1) is 0 Å². The van der Waals surface area contributed by atoms with E-state index >= 15 is 0 Å². The molecule has 1 rings (SSSR count). The van der Waals surface area contributed by atoms with Crippen molar-refractivity contribution in [1.29, 1.82) is 0 Å². The lowest BCUT2D eigenvalue weighted by atomic mass is 9.93. The Kier molecular flexibility index (Phi) is 11.5. The lowest BCUT2D eigenvalue weighted by Crippen LogP contribution is -2.40. The second-order valence-corrected chi connectivity index (χ2v) is 8.12. The van der Waals surface area contributed by atoms with Gasteiger partial charge in [0.15, 0.2) is 18.0 Å². The van der Waals surface area contributed by atoms with Crippen LogP contribution < -0.4 is 0 Å². The Bertz CT molecular complexity index is 882. The fourth-order valence-electron chi connectivity index (χ4n) is 2.27. The average Bonchev–Trinajstić information content (AvgIpc) is 2.79. The topological polar surface area (TPSA) is 132 Å². The first-order chi connectivity index (χ1) is 15.9. The first-order valence-corrected chi connectivity index (χ1v) is 10.9. The van der Waals surface area contributed by atoms with Gasteiger partial charge in [-0.15, -0.1) is 11.6 Å². The van der Waals surface area contributed by atoms with Crippen molar-refractivity contribution in [1.82, 2.24) is 0 Å². The standard InChI is InChI=1S/C23H29ClO10/c1-14(25)15(2)33-20(27)16(3)34-22(29)32-13-23(5,12-31-17(4)26)21(28)30-11-19-8-6-18(10-24)7-9-19/h6-9,15-16H,10-13H2,1-5H3/t15-,16-,23?/m1/s1. The third-order valence-electron chi connectivity index (χ3n) is 4.61. The van der Waals surface area contributed by atoms with Crippen LogP contribution in [0.15, 0.2) is 24.3 Å². The van der Waals surface area contributed by atoms with Crippen molar-refractivity contribution in [2.24, 2.45) is 5.41 Å². The molecular weight excluding hydrogens is 472 g/mol. The van der Waals surface area contributed by atoms with E-state index in [1.165, 1.54) is 27.7 Å². The molecule has 0 saturated carbocycles. The predicted octanol–water partition coefficient (Wildman–Crippen LogP) is 3.10. The van der Waals surface area contributed by atoms with Crippen molar-refractivity contribution in [2.45, 2.75) is 59.3 Å². The molecule has 0 aliphatic heterocycles. The number of alkyl halides is 1. The predicted molar refractivity (Wildman–Crippen MR) is 119 cm³/mol. The minimum absolute atomic E-state index is 0.0707. The van der Waals surface area contributed by atoms with Crippen molar-refractivity contribution >= 4 is 41.4 Å². The normalized spacial score (nSPS) is 14.1. The van der Waals surface area contributed by atoms with E-state index in [1.54, 1.807) is 24.3 Å². The summed E-state index contributed by atoms with van der Waals surface area (Å²) in [6.45, 7) is 5.35. The Hall–Kier alpha value is -3.14. The van der Waals surface area contributed by atoms with Crippen LogP contribution in [0, 0.1) is 5.41 Å². The lowest BCUT2D eigenvalue weighted by Gasteiger charge is -2.26. The molecule has 0 fully saturated rings. The second kappa shape index (κ2) is 13.5.